The zero-order valence-electron chi connectivity index (χ0n) is 16.6. The van der Waals surface area contributed by atoms with Gasteiger partial charge in [0.1, 0.15) is 17.2 Å². The van der Waals surface area contributed by atoms with E-state index in [4.69, 9.17) is 18.6 Å². The molecule has 8 heteroatoms. The molecule has 0 atom stereocenters. The molecule has 0 aliphatic heterocycles. The molecular weight excluding hydrogens is 374 g/mol. The molecule has 0 radical (unpaired) electrons. The van der Waals surface area contributed by atoms with Crippen molar-refractivity contribution in [3.63, 3.8) is 0 Å². The van der Waals surface area contributed by atoms with Crippen molar-refractivity contribution in [1.29, 1.82) is 0 Å². The number of ether oxygens (including phenoxy) is 3. The molecule has 3 aromatic rings. The van der Waals surface area contributed by atoms with Crippen molar-refractivity contribution < 1.29 is 23.4 Å². The summed E-state index contributed by atoms with van der Waals surface area (Å²) in [6, 6.07) is 12.1. The van der Waals surface area contributed by atoms with Gasteiger partial charge in [-0.2, -0.15) is 0 Å². The maximum absolute atomic E-state index is 12.4. The fourth-order valence-corrected chi connectivity index (χ4v) is 2.53. The van der Waals surface area contributed by atoms with Crippen LogP contribution in [0.25, 0.3) is 11.5 Å². The Kier molecular flexibility index (Phi) is 6.67. The van der Waals surface area contributed by atoms with Gasteiger partial charge in [-0.1, -0.05) is 18.4 Å². The lowest BCUT2D eigenvalue weighted by Gasteiger charge is -2.06. The lowest BCUT2D eigenvalue weighted by Crippen LogP contribution is -2.12. The van der Waals surface area contributed by atoms with Crippen LogP contribution in [-0.4, -0.2) is 36.9 Å². The average Bonchev–Trinajstić information content (AvgIpc) is 3.22. The summed E-state index contributed by atoms with van der Waals surface area (Å²) < 4.78 is 21.6. The Balaban J connectivity index is 1.67. The summed E-state index contributed by atoms with van der Waals surface area (Å²) in [5, 5.41) is 10.5. The molecule has 3 rings (SSSR count). The number of carbonyl (C=O) groups is 1. The molecule has 8 nitrogen and oxygen atoms in total. The van der Waals surface area contributed by atoms with Crippen LogP contribution in [0.15, 0.2) is 46.9 Å². The van der Waals surface area contributed by atoms with Gasteiger partial charge in [-0.3, -0.25) is 10.1 Å². The fraction of sp³-hybridized carbons (Fsp3) is 0.286. The minimum atomic E-state index is -0.358. The van der Waals surface area contributed by atoms with E-state index in [1.54, 1.807) is 56.7 Å². The van der Waals surface area contributed by atoms with Crippen molar-refractivity contribution >= 4 is 11.9 Å². The second-order valence-corrected chi connectivity index (χ2v) is 6.19. The Hall–Kier alpha value is -3.55. The minimum Gasteiger partial charge on any atom is -0.497 e. The van der Waals surface area contributed by atoms with Gasteiger partial charge in [0.25, 0.3) is 5.91 Å². The SMILES string of the molecule is CCCCOc1ccc(C(=O)Nc2nnc(-c3cc(OC)cc(OC)c3)o2)cc1. The van der Waals surface area contributed by atoms with Crippen molar-refractivity contribution in [2.24, 2.45) is 0 Å². The number of nitrogens with one attached hydrogen (secondary N) is 1. The predicted octanol–water partition coefficient (Wildman–Crippen LogP) is 4.19. The van der Waals surface area contributed by atoms with Gasteiger partial charge in [0.15, 0.2) is 0 Å². The quantitative estimate of drug-likeness (QED) is 0.541. The first-order valence-corrected chi connectivity index (χ1v) is 9.24. The molecule has 0 aliphatic carbocycles. The number of rotatable bonds is 9. The molecule has 0 unspecified atom stereocenters. The number of benzene rings is 2. The maximum Gasteiger partial charge on any atom is 0.322 e. The Bertz CT molecular complexity index is 931. The number of methoxy groups -OCH3 is 2. The molecule has 0 bridgehead atoms. The molecule has 1 N–H and O–H groups in total. The topological polar surface area (TPSA) is 95.7 Å². The molecule has 0 spiro atoms. The molecule has 0 fully saturated rings. The lowest BCUT2D eigenvalue weighted by atomic mass is 10.2. The minimum absolute atomic E-state index is 0.00457. The smallest absolute Gasteiger partial charge is 0.322 e. The van der Waals surface area contributed by atoms with Gasteiger partial charge in [-0.15, -0.1) is 5.10 Å². The summed E-state index contributed by atoms with van der Waals surface area (Å²) in [5.41, 5.74) is 1.07. The van der Waals surface area contributed by atoms with E-state index in [2.05, 4.69) is 22.4 Å². The molecule has 152 valence electrons. The third-order valence-corrected chi connectivity index (χ3v) is 4.13. The van der Waals surface area contributed by atoms with Crippen LogP contribution >= 0.6 is 0 Å². The first-order valence-electron chi connectivity index (χ1n) is 9.24. The zero-order valence-corrected chi connectivity index (χ0v) is 16.6. The van der Waals surface area contributed by atoms with Crippen molar-refractivity contribution in [1.82, 2.24) is 10.2 Å². The monoisotopic (exact) mass is 397 g/mol. The number of hydrogen-bond donors (Lipinski definition) is 1. The lowest BCUT2D eigenvalue weighted by molar-refractivity contribution is 0.102. The standard InChI is InChI=1S/C21H23N3O5/c1-4-5-10-28-16-8-6-14(7-9-16)19(25)22-21-24-23-20(29-21)15-11-17(26-2)13-18(12-15)27-3/h6-9,11-13H,4-5,10H2,1-3H3,(H,22,24,25). The number of nitrogens with zero attached hydrogens (tertiary/aromatic N) is 2. The predicted molar refractivity (Wildman–Crippen MR) is 108 cm³/mol. The summed E-state index contributed by atoms with van der Waals surface area (Å²) in [6.07, 6.45) is 2.05. The van der Waals surface area contributed by atoms with Crippen molar-refractivity contribution in [3.8, 4) is 28.7 Å². The van der Waals surface area contributed by atoms with Crippen LogP contribution in [0, 0.1) is 0 Å². The van der Waals surface area contributed by atoms with Gasteiger partial charge >= 0.3 is 6.01 Å². The van der Waals surface area contributed by atoms with Crippen LogP contribution in [0.1, 0.15) is 30.1 Å². The first-order chi connectivity index (χ1) is 14.1. The van der Waals surface area contributed by atoms with E-state index in [0.717, 1.165) is 18.6 Å². The van der Waals surface area contributed by atoms with E-state index < -0.39 is 0 Å². The van der Waals surface area contributed by atoms with Gasteiger partial charge in [0.2, 0.25) is 5.89 Å². The van der Waals surface area contributed by atoms with Crippen LogP contribution in [0.5, 0.6) is 17.2 Å². The highest BCUT2D eigenvalue weighted by molar-refractivity contribution is 6.03. The zero-order chi connectivity index (χ0) is 20.6. The first kappa shape index (κ1) is 20.2. The Morgan fingerprint density at radius 3 is 2.31 bits per heavy atom. The second kappa shape index (κ2) is 9.59. The average molecular weight is 397 g/mol. The molecule has 1 heterocycles. The maximum atomic E-state index is 12.4. The molecule has 29 heavy (non-hydrogen) atoms. The highest BCUT2D eigenvalue weighted by atomic mass is 16.5. The summed E-state index contributed by atoms with van der Waals surface area (Å²) in [5.74, 6) is 1.77. The number of carbonyl (C=O) groups excluding carboxylic acids is 1. The Morgan fingerprint density at radius 1 is 1.00 bits per heavy atom. The van der Waals surface area contributed by atoms with Gasteiger partial charge in [-0.25, -0.2) is 0 Å². The van der Waals surface area contributed by atoms with E-state index in [9.17, 15) is 4.79 Å². The third kappa shape index (κ3) is 5.25. The molecule has 1 aromatic heterocycles. The van der Waals surface area contributed by atoms with Crippen LogP contribution < -0.4 is 19.5 Å². The molecule has 1 amide bonds. The molecule has 0 aliphatic rings. The molecule has 2 aromatic carbocycles. The third-order valence-electron chi connectivity index (χ3n) is 4.13. The van der Waals surface area contributed by atoms with E-state index in [0.29, 0.717) is 29.2 Å². The Morgan fingerprint density at radius 2 is 1.69 bits per heavy atom. The molecule has 0 saturated heterocycles. The summed E-state index contributed by atoms with van der Waals surface area (Å²) in [4.78, 5) is 12.4. The van der Waals surface area contributed by atoms with E-state index in [1.165, 1.54) is 0 Å². The van der Waals surface area contributed by atoms with E-state index in [1.807, 2.05) is 0 Å². The van der Waals surface area contributed by atoms with Crippen LogP contribution in [0.4, 0.5) is 6.01 Å². The second-order valence-electron chi connectivity index (χ2n) is 6.19. The summed E-state index contributed by atoms with van der Waals surface area (Å²) >= 11 is 0. The summed E-state index contributed by atoms with van der Waals surface area (Å²) in [6.45, 7) is 2.76. The van der Waals surface area contributed by atoms with Gasteiger partial charge in [0.05, 0.1) is 20.8 Å². The molecule has 0 saturated carbocycles. The number of anilines is 1. The number of amides is 1. The normalized spacial score (nSPS) is 10.4. The Labute approximate surface area is 168 Å². The highest BCUT2D eigenvalue weighted by Crippen LogP contribution is 2.29. The van der Waals surface area contributed by atoms with E-state index in [-0.39, 0.29) is 17.8 Å². The highest BCUT2D eigenvalue weighted by Gasteiger charge is 2.14. The van der Waals surface area contributed by atoms with Crippen molar-refractivity contribution in [2.45, 2.75) is 19.8 Å². The fourth-order valence-electron chi connectivity index (χ4n) is 2.53. The number of aromatic nitrogens is 2. The van der Waals surface area contributed by atoms with Crippen molar-refractivity contribution in [3.05, 3.63) is 48.0 Å². The van der Waals surface area contributed by atoms with Crippen LogP contribution in [0.3, 0.4) is 0 Å². The van der Waals surface area contributed by atoms with Gasteiger partial charge < -0.3 is 18.6 Å². The van der Waals surface area contributed by atoms with Crippen molar-refractivity contribution in [2.75, 3.05) is 26.1 Å². The van der Waals surface area contributed by atoms with Gasteiger partial charge in [-0.05, 0) is 42.8 Å². The van der Waals surface area contributed by atoms with E-state index >= 15 is 0 Å². The summed E-state index contributed by atoms with van der Waals surface area (Å²) in [7, 11) is 3.11. The van der Waals surface area contributed by atoms with Crippen LogP contribution in [0.2, 0.25) is 0 Å². The molecular formula is C21H23N3O5. The largest absolute Gasteiger partial charge is 0.497 e. The van der Waals surface area contributed by atoms with Gasteiger partial charge in [0, 0.05) is 17.2 Å². The van der Waals surface area contributed by atoms with Crippen LogP contribution in [-0.2, 0) is 0 Å². The number of unbranched alkanes of at least 4 members (excludes halogenated alkanes) is 1. The number of hydrogen-bond acceptors (Lipinski definition) is 7.